The van der Waals surface area contributed by atoms with Gasteiger partial charge in [-0.05, 0) is 37.0 Å². The van der Waals surface area contributed by atoms with Gasteiger partial charge in [-0.1, -0.05) is 23.9 Å². The largest absolute Gasteiger partial charge is 0.496 e. The fourth-order valence-electron chi connectivity index (χ4n) is 3.29. The van der Waals surface area contributed by atoms with Gasteiger partial charge in [-0.25, -0.2) is 4.68 Å². The van der Waals surface area contributed by atoms with Gasteiger partial charge in [0.05, 0.1) is 24.0 Å². The highest BCUT2D eigenvalue weighted by Gasteiger charge is 2.23. The van der Waals surface area contributed by atoms with E-state index in [1.54, 1.807) is 7.11 Å². The number of anilines is 1. The lowest BCUT2D eigenvalue weighted by atomic mass is 10.1. The summed E-state index contributed by atoms with van der Waals surface area (Å²) >= 11 is 2.68. The first-order valence-electron chi connectivity index (χ1n) is 8.93. The molecule has 1 aromatic carbocycles. The van der Waals surface area contributed by atoms with Crippen LogP contribution in [0.25, 0.3) is 11.4 Å². The van der Waals surface area contributed by atoms with E-state index in [4.69, 9.17) is 10.6 Å². The van der Waals surface area contributed by atoms with Crippen LogP contribution >= 0.6 is 23.1 Å². The fraction of sp³-hybridized carbons (Fsp3) is 0.263. The standard InChI is InChI=1S/C19H18N6O2S2/c1-27-14-7-3-2-5-12(14)17-23-24-19(25(17)21)28-10-16(26)22-18-13(9-20)11-6-4-8-15(11)29-18/h2-3,5,7H,4,6,8,10,21H2,1H3,(H,22,26). The summed E-state index contributed by atoms with van der Waals surface area (Å²) in [4.78, 5) is 13.6. The van der Waals surface area contributed by atoms with Crippen molar-refractivity contribution in [3.63, 3.8) is 0 Å². The molecule has 3 aromatic rings. The predicted molar refractivity (Wildman–Crippen MR) is 113 cm³/mol. The number of hydrogen-bond acceptors (Lipinski definition) is 8. The van der Waals surface area contributed by atoms with Gasteiger partial charge >= 0.3 is 0 Å². The number of nitrogens with one attached hydrogen (secondary N) is 1. The lowest BCUT2D eigenvalue weighted by molar-refractivity contribution is -0.113. The third-order valence-electron chi connectivity index (χ3n) is 4.63. The summed E-state index contributed by atoms with van der Waals surface area (Å²) in [7, 11) is 1.58. The van der Waals surface area contributed by atoms with Gasteiger partial charge in [0, 0.05) is 4.88 Å². The molecule has 1 aliphatic carbocycles. The topological polar surface area (TPSA) is 119 Å². The van der Waals surface area contributed by atoms with Crippen LogP contribution in [0.15, 0.2) is 29.4 Å². The molecule has 10 heteroatoms. The predicted octanol–water partition coefficient (Wildman–Crippen LogP) is 2.82. The molecule has 8 nitrogen and oxygen atoms in total. The number of ether oxygens (including phenoxy) is 1. The molecule has 2 aromatic heterocycles. The number of fused-ring (bicyclic) bond motifs is 1. The van der Waals surface area contributed by atoms with Crippen LogP contribution in [0.3, 0.4) is 0 Å². The van der Waals surface area contributed by atoms with Crippen molar-refractivity contribution in [2.24, 2.45) is 0 Å². The number of benzene rings is 1. The monoisotopic (exact) mass is 426 g/mol. The summed E-state index contributed by atoms with van der Waals surface area (Å²) in [5.74, 6) is 7.11. The number of hydrogen-bond donors (Lipinski definition) is 2. The van der Waals surface area contributed by atoms with Crippen LogP contribution in [0, 0.1) is 11.3 Å². The first kappa shape index (κ1) is 19.3. The van der Waals surface area contributed by atoms with Crippen molar-refractivity contribution in [1.29, 1.82) is 5.26 Å². The quantitative estimate of drug-likeness (QED) is 0.459. The van der Waals surface area contributed by atoms with E-state index in [0.717, 1.165) is 24.8 Å². The number of thiophene rings is 1. The second kappa shape index (κ2) is 8.14. The van der Waals surface area contributed by atoms with Gasteiger partial charge in [-0.2, -0.15) is 5.26 Å². The molecular weight excluding hydrogens is 408 g/mol. The Morgan fingerprint density at radius 3 is 3.03 bits per heavy atom. The fourth-order valence-corrected chi connectivity index (χ4v) is 5.20. The van der Waals surface area contributed by atoms with E-state index in [0.29, 0.717) is 32.9 Å². The van der Waals surface area contributed by atoms with Gasteiger partial charge < -0.3 is 15.9 Å². The number of carbonyl (C=O) groups excluding carboxylic acids is 1. The molecule has 0 bridgehead atoms. The number of nitrogens with two attached hydrogens (primary N) is 1. The van der Waals surface area contributed by atoms with Crippen LogP contribution in [0.2, 0.25) is 0 Å². The molecule has 148 valence electrons. The molecule has 1 amide bonds. The van der Waals surface area contributed by atoms with E-state index in [1.807, 2.05) is 24.3 Å². The molecular formula is C19H18N6O2S2. The van der Waals surface area contributed by atoms with Crippen molar-refractivity contribution in [2.45, 2.75) is 24.4 Å². The Hall–Kier alpha value is -3.03. The summed E-state index contributed by atoms with van der Waals surface area (Å²) in [6.07, 6.45) is 2.95. The Morgan fingerprint density at radius 1 is 1.41 bits per heavy atom. The highest BCUT2D eigenvalue weighted by Crippen LogP contribution is 2.38. The molecule has 0 fully saturated rings. The third kappa shape index (κ3) is 3.66. The number of nitriles is 1. The average Bonchev–Trinajstić information content (AvgIpc) is 3.41. The van der Waals surface area contributed by atoms with E-state index < -0.39 is 0 Å². The number of para-hydroxylation sites is 1. The highest BCUT2D eigenvalue weighted by molar-refractivity contribution is 7.99. The average molecular weight is 427 g/mol. The summed E-state index contributed by atoms with van der Waals surface area (Å²) in [5, 5.41) is 21.6. The molecule has 2 heterocycles. The third-order valence-corrected chi connectivity index (χ3v) is 6.78. The molecule has 1 aliphatic rings. The number of carbonyl (C=O) groups is 1. The molecule has 0 radical (unpaired) electrons. The van der Waals surface area contributed by atoms with E-state index in [-0.39, 0.29) is 11.7 Å². The maximum atomic E-state index is 12.4. The van der Waals surface area contributed by atoms with Gasteiger partial charge in [-0.15, -0.1) is 21.5 Å². The van der Waals surface area contributed by atoms with E-state index in [1.165, 1.54) is 32.7 Å². The normalized spacial score (nSPS) is 12.4. The van der Waals surface area contributed by atoms with E-state index >= 15 is 0 Å². The van der Waals surface area contributed by atoms with Crippen molar-refractivity contribution in [2.75, 3.05) is 24.0 Å². The minimum atomic E-state index is -0.215. The highest BCUT2D eigenvalue weighted by atomic mass is 32.2. The molecule has 4 rings (SSSR count). The molecule has 0 atom stereocenters. The summed E-state index contributed by atoms with van der Waals surface area (Å²) in [5.41, 5.74) is 2.40. The van der Waals surface area contributed by atoms with Crippen LogP contribution in [0.5, 0.6) is 5.75 Å². The van der Waals surface area contributed by atoms with Crippen molar-refractivity contribution in [3.8, 4) is 23.2 Å². The SMILES string of the molecule is COc1ccccc1-c1nnc(SCC(=O)Nc2sc3c(c2C#N)CCC3)n1N. The number of thioether (sulfide) groups is 1. The molecule has 0 aliphatic heterocycles. The van der Waals surface area contributed by atoms with Crippen LogP contribution < -0.4 is 15.9 Å². The molecule has 0 spiro atoms. The number of methoxy groups -OCH3 is 1. The number of aryl methyl sites for hydroxylation is 1. The number of aromatic nitrogens is 3. The van der Waals surface area contributed by atoms with Gasteiger partial charge in [-0.3, -0.25) is 4.79 Å². The zero-order chi connectivity index (χ0) is 20.4. The van der Waals surface area contributed by atoms with E-state index in [9.17, 15) is 10.1 Å². The molecule has 0 saturated heterocycles. The number of nitrogen functional groups attached to an aromatic ring is 1. The van der Waals surface area contributed by atoms with Crippen LogP contribution in [0.4, 0.5) is 5.00 Å². The second-order valence-corrected chi connectivity index (χ2v) is 8.43. The number of rotatable bonds is 6. The zero-order valence-corrected chi connectivity index (χ0v) is 17.3. The van der Waals surface area contributed by atoms with Gasteiger partial charge in [0.2, 0.25) is 11.1 Å². The molecule has 0 unspecified atom stereocenters. The maximum Gasteiger partial charge on any atom is 0.235 e. The van der Waals surface area contributed by atoms with E-state index in [2.05, 4.69) is 21.6 Å². The summed E-state index contributed by atoms with van der Waals surface area (Å²) in [6, 6.07) is 9.60. The summed E-state index contributed by atoms with van der Waals surface area (Å²) in [6.45, 7) is 0. The Balaban J connectivity index is 1.45. The molecule has 29 heavy (non-hydrogen) atoms. The van der Waals surface area contributed by atoms with Crippen LogP contribution in [0.1, 0.15) is 22.4 Å². The van der Waals surface area contributed by atoms with Gasteiger partial charge in [0.1, 0.15) is 16.8 Å². The summed E-state index contributed by atoms with van der Waals surface area (Å²) < 4.78 is 6.69. The first-order chi connectivity index (χ1) is 14.1. The smallest absolute Gasteiger partial charge is 0.235 e. The minimum Gasteiger partial charge on any atom is -0.496 e. The van der Waals surface area contributed by atoms with Crippen molar-refractivity contribution < 1.29 is 9.53 Å². The lowest BCUT2D eigenvalue weighted by Gasteiger charge is -2.08. The Bertz CT molecular complexity index is 1110. The van der Waals surface area contributed by atoms with Gasteiger partial charge in [0.15, 0.2) is 5.82 Å². The Labute approximate surface area is 175 Å². The Morgan fingerprint density at radius 2 is 2.24 bits per heavy atom. The zero-order valence-electron chi connectivity index (χ0n) is 15.6. The number of nitrogens with zero attached hydrogens (tertiary/aromatic N) is 4. The van der Waals surface area contributed by atoms with Crippen LogP contribution in [-0.4, -0.2) is 33.6 Å². The second-order valence-electron chi connectivity index (χ2n) is 6.39. The molecule has 0 saturated carbocycles. The Kier molecular flexibility index (Phi) is 5.42. The van der Waals surface area contributed by atoms with Crippen LogP contribution in [-0.2, 0) is 17.6 Å². The van der Waals surface area contributed by atoms with Crippen molar-refractivity contribution in [1.82, 2.24) is 14.9 Å². The van der Waals surface area contributed by atoms with Crippen molar-refractivity contribution >= 4 is 34.0 Å². The van der Waals surface area contributed by atoms with Crippen molar-refractivity contribution in [3.05, 3.63) is 40.3 Å². The maximum absolute atomic E-state index is 12.4. The minimum absolute atomic E-state index is 0.106. The molecule has 3 N–H and O–H groups in total. The lowest BCUT2D eigenvalue weighted by Crippen LogP contribution is -2.16. The van der Waals surface area contributed by atoms with Gasteiger partial charge in [0.25, 0.3) is 0 Å². The first-order valence-corrected chi connectivity index (χ1v) is 10.7. The number of amides is 1.